The molecule has 0 aliphatic heterocycles. The van der Waals surface area contributed by atoms with Crippen LogP contribution in [0, 0.1) is 11.8 Å². The standard InChI is InChI=1S/C20H23NO/c1-20(2,22)13-11-18-9-6-10-19(15-18)16-21-14-12-17-7-4-3-5-8-17/h3-10,15,21-22H,12,14,16H2,1-2H3. The number of hydrogen-bond donors (Lipinski definition) is 2. The minimum atomic E-state index is -0.954. The lowest BCUT2D eigenvalue weighted by Gasteiger charge is -2.07. The fraction of sp³-hybridized carbons (Fsp3) is 0.300. The molecule has 2 N–H and O–H groups in total. The van der Waals surface area contributed by atoms with E-state index < -0.39 is 5.60 Å². The number of aliphatic hydroxyl groups is 1. The molecule has 0 heterocycles. The molecule has 0 aromatic heterocycles. The van der Waals surface area contributed by atoms with Gasteiger partial charge in [0.2, 0.25) is 0 Å². The fourth-order valence-corrected chi connectivity index (χ4v) is 2.09. The summed E-state index contributed by atoms with van der Waals surface area (Å²) in [6.07, 6.45) is 1.03. The zero-order chi connectivity index (χ0) is 15.8. The van der Waals surface area contributed by atoms with Crippen LogP contribution in [0.4, 0.5) is 0 Å². The normalized spacial score (nSPS) is 10.9. The Morgan fingerprint density at radius 3 is 2.45 bits per heavy atom. The Bertz CT molecular complexity index is 645. The van der Waals surface area contributed by atoms with Crippen LogP contribution in [-0.2, 0) is 13.0 Å². The van der Waals surface area contributed by atoms with Crippen LogP contribution in [0.3, 0.4) is 0 Å². The molecule has 22 heavy (non-hydrogen) atoms. The van der Waals surface area contributed by atoms with E-state index in [1.165, 1.54) is 11.1 Å². The molecular formula is C20H23NO. The van der Waals surface area contributed by atoms with Crippen molar-refractivity contribution in [1.82, 2.24) is 5.32 Å². The summed E-state index contributed by atoms with van der Waals surface area (Å²) in [5.41, 5.74) is 2.53. The molecule has 0 atom stereocenters. The zero-order valence-corrected chi connectivity index (χ0v) is 13.3. The van der Waals surface area contributed by atoms with Gasteiger partial charge in [0.1, 0.15) is 5.60 Å². The average molecular weight is 293 g/mol. The highest BCUT2D eigenvalue weighted by atomic mass is 16.3. The van der Waals surface area contributed by atoms with Gasteiger partial charge < -0.3 is 10.4 Å². The first kappa shape index (κ1) is 16.3. The molecule has 0 fully saturated rings. The molecule has 0 unspecified atom stereocenters. The molecular weight excluding hydrogens is 270 g/mol. The molecule has 2 aromatic rings. The second-order valence-corrected chi connectivity index (χ2v) is 5.92. The Labute approximate surface area is 133 Å². The van der Waals surface area contributed by atoms with Crippen LogP contribution < -0.4 is 5.32 Å². The van der Waals surface area contributed by atoms with Crippen LogP contribution in [-0.4, -0.2) is 17.3 Å². The Morgan fingerprint density at radius 2 is 1.73 bits per heavy atom. The molecule has 0 saturated heterocycles. The van der Waals surface area contributed by atoms with Gasteiger partial charge in [-0.25, -0.2) is 0 Å². The van der Waals surface area contributed by atoms with Crippen LogP contribution in [0.5, 0.6) is 0 Å². The maximum Gasteiger partial charge on any atom is 0.120 e. The minimum Gasteiger partial charge on any atom is -0.378 e. The predicted octanol–water partition coefficient (Wildman–Crippen LogP) is 3.14. The maximum atomic E-state index is 9.64. The number of hydrogen-bond acceptors (Lipinski definition) is 2. The van der Waals surface area contributed by atoms with Crippen molar-refractivity contribution >= 4 is 0 Å². The molecule has 2 rings (SSSR count). The molecule has 0 aliphatic rings. The van der Waals surface area contributed by atoms with Crippen molar-refractivity contribution in [2.24, 2.45) is 0 Å². The van der Waals surface area contributed by atoms with E-state index in [4.69, 9.17) is 0 Å². The Morgan fingerprint density at radius 1 is 1.00 bits per heavy atom. The average Bonchev–Trinajstić information content (AvgIpc) is 2.50. The van der Waals surface area contributed by atoms with Gasteiger partial charge in [-0.2, -0.15) is 0 Å². The molecule has 2 heteroatoms. The maximum absolute atomic E-state index is 9.64. The second-order valence-electron chi connectivity index (χ2n) is 5.92. The van der Waals surface area contributed by atoms with Crippen LogP contribution in [0.2, 0.25) is 0 Å². The van der Waals surface area contributed by atoms with Crippen LogP contribution in [0.1, 0.15) is 30.5 Å². The summed E-state index contributed by atoms with van der Waals surface area (Å²) in [5, 5.41) is 13.1. The number of nitrogens with one attached hydrogen (secondary N) is 1. The quantitative estimate of drug-likeness (QED) is 0.656. The van der Waals surface area contributed by atoms with E-state index >= 15 is 0 Å². The van der Waals surface area contributed by atoms with Gasteiger partial charge in [-0.15, -0.1) is 0 Å². The highest BCUT2D eigenvalue weighted by Crippen LogP contribution is 2.06. The summed E-state index contributed by atoms with van der Waals surface area (Å²) in [7, 11) is 0. The van der Waals surface area contributed by atoms with Gasteiger partial charge in [0.25, 0.3) is 0 Å². The van der Waals surface area contributed by atoms with Gasteiger partial charge >= 0.3 is 0 Å². The fourth-order valence-electron chi connectivity index (χ4n) is 2.09. The van der Waals surface area contributed by atoms with Crippen LogP contribution in [0.15, 0.2) is 54.6 Å². The summed E-state index contributed by atoms with van der Waals surface area (Å²) in [6.45, 7) is 5.15. The van der Waals surface area contributed by atoms with E-state index in [0.717, 1.165) is 25.1 Å². The van der Waals surface area contributed by atoms with E-state index in [9.17, 15) is 5.11 Å². The third-order valence-electron chi connectivity index (χ3n) is 3.20. The van der Waals surface area contributed by atoms with Crippen molar-refractivity contribution in [3.8, 4) is 11.8 Å². The molecule has 0 bridgehead atoms. The molecule has 0 radical (unpaired) electrons. The topological polar surface area (TPSA) is 32.3 Å². The minimum absolute atomic E-state index is 0.824. The van der Waals surface area contributed by atoms with Gasteiger partial charge in [0, 0.05) is 12.1 Å². The molecule has 0 saturated carbocycles. The van der Waals surface area contributed by atoms with Crippen molar-refractivity contribution in [2.45, 2.75) is 32.4 Å². The van der Waals surface area contributed by atoms with Gasteiger partial charge in [-0.1, -0.05) is 54.3 Å². The SMILES string of the molecule is CC(C)(O)C#Cc1cccc(CNCCc2ccccc2)c1. The van der Waals surface area contributed by atoms with E-state index in [1.807, 2.05) is 18.2 Å². The lowest BCUT2D eigenvalue weighted by atomic mass is 10.1. The van der Waals surface area contributed by atoms with Gasteiger partial charge in [-0.3, -0.25) is 0 Å². The van der Waals surface area contributed by atoms with E-state index in [2.05, 4.69) is 53.6 Å². The molecule has 2 aromatic carbocycles. The largest absolute Gasteiger partial charge is 0.378 e. The summed E-state index contributed by atoms with van der Waals surface area (Å²) in [4.78, 5) is 0. The molecule has 114 valence electrons. The summed E-state index contributed by atoms with van der Waals surface area (Å²) >= 11 is 0. The molecule has 0 spiro atoms. The lowest BCUT2D eigenvalue weighted by Crippen LogP contribution is -2.16. The lowest BCUT2D eigenvalue weighted by molar-refractivity contribution is 0.143. The summed E-state index contributed by atoms with van der Waals surface area (Å²) in [5.74, 6) is 5.85. The van der Waals surface area contributed by atoms with Crippen molar-refractivity contribution in [2.75, 3.05) is 6.54 Å². The number of benzene rings is 2. The van der Waals surface area contributed by atoms with Crippen molar-refractivity contribution in [3.05, 3.63) is 71.3 Å². The third-order valence-corrected chi connectivity index (χ3v) is 3.20. The van der Waals surface area contributed by atoms with Gasteiger partial charge in [0.15, 0.2) is 0 Å². The highest BCUT2D eigenvalue weighted by molar-refractivity contribution is 5.38. The summed E-state index contributed by atoms with van der Waals surface area (Å²) in [6, 6.07) is 18.6. The van der Waals surface area contributed by atoms with E-state index in [-0.39, 0.29) is 0 Å². The smallest absolute Gasteiger partial charge is 0.120 e. The first-order valence-electron chi connectivity index (χ1n) is 7.62. The van der Waals surface area contributed by atoms with Crippen LogP contribution >= 0.6 is 0 Å². The van der Waals surface area contributed by atoms with Crippen molar-refractivity contribution in [1.29, 1.82) is 0 Å². The van der Waals surface area contributed by atoms with Gasteiger partial charge in [0.05, 0.1) is 0 Å². The molecule has 0 amide bonds. The predicted molar refractivity (Wildman–Crippen MR) is 91.5 cm³/mol. The van der Waals surface area contributed by atoms with Crippen molar-refractivity contribution < 1.29 is 5.11 Å². The van der Waals surface area contributed by atoms with E-state index in [0.29, 0.717) is 0 Å². The number of rotatable bonds is 5. The van der Waals surface area contributed by atoms with Crippen LogP contribution in [0.25, 0.3) is 0 Å². The zero-order valence-electron chi connectivity index (χ0n) is 13.3. The highest BCUT2D eigenvalue weighted by Gasteiger charge is 2.05. The first-order valence-corrected chi connectivity index (χ1v) is 7.62. The Balaban J connectivity index is 1.84. The molecule has 2 nitrogen and oxygen atoms in total. The second kappa shape index (κ2) is 7.79. The van der Waals surface area contributed by atoms with Crippen molar-refractivity contribution in [3.63, 3.8) is 0 Å². The monoisotopic (exact) mass is 293 g/mol. The molecule has 0 aliphatic carbocycles. The first-order chi connectivity index (χ1) is 10.5. The third kappa shape index (κ3) is 6.13. The summed E-state index contributed by atoms with van der Waals surface area (Å²) < 4.78 is 0. The Kier molecular flexibility index (Phi) is 5.77. The Hall–Kier alpha value is -2.08. The van der Waals surface area contributed by atoms with E-state index in [1.54, 1.807) is 13.8 Å². The van der Waals surface area contributed by atoms with Gasteiger partial charge in [-0.05, 0) is 50.1 Å².